The molecule has 1 aromatic rings. The van der Waals surface area contributed by atoms with Crippen LogP contribution in [0, 0.1) is 16.7 Å². The summed E-state index contributed by atoms with van der Waals surface area (Å²) in [7, 11) is 0. The molecule has 1 saturated carbocycles. The Morgan fingerprint density at radius 2 is 1.94 bits per heavy atom. The van der Waals surface area contributed by atoms with Gasteiger partial charge in [-0.2, -0.15) is 5.26 Å². The molecule has 2 nitrogen and oxygen atoms in total. The minimum absolute atomic E-state index is 0.252. The van der Waals surface area contributed by atoms with Crippen molar-refractivity contribution in [3.8, 4) is 6.07 Å². The fraction of sp³-hybridized carbons (Fsp3) is 0.533. The topological polar surface area (TPSA) is 35.8 Å². The smallest absolute Gasteiger partial charge is 0.0697 e. The van der Waals surface area contributed by atoms with Crippen LogP contribution in [0.5, 0.6) is 0 Å². The van der Waals surface area contributed by atoms with Crippen LogP contribution >= 0.6 is 0 Å². The molecule has 0 heterocycles. The van der Waals surface area contributed by atoms with Gasteiger partial charge in [-0.05, 0) is 38.2 Å². The highest BCUT2D eigenvalue weighted by atomic mass is 14.9. The van der Waals surface area contributed by atoms with Gasteiger partial charge in [-0.25, -0.2) is 0 Å². The molecule has 0 aliphatic heterocycles. The summed E-state index contributed by atoms with van der Waals surface area (Å²) >= 11 is 0. The van der Waals surface area contributed by atoms with Crippen molar-refractivity contribution in [2.45, 2.75) is 38.6 Å². The lowest BCUT2D eigenvalue weighted by Crippen LogP contribution is -2.43. The average molecular weight is 228 g/mol. The van der Waals surface area contributed by atoms with Crippen LogP contribution in [0.4, 0.5) is 0 Å². The van der Waals surface area contributed by atoms with E-state index in [1.165, 1.54) is 18.4 Å². The summed E-state index contributed by atoms with van der Waals surface area (Å²) < 4.78 is 0. The standard InChI is InChI=1S/C15H20N2/c1-15(2,10-16)11-17-14-8-13(9-14)12-6-4-3-5-7-12/h3-7,13-14,17H,8-9,11H2,1-2H3. The predicted molar refractivity (Wildman–Crippen MR) is 69.6 cm³/mol. The Morgan fingerprint density at radius 3 is 2.53 bits per heavy atom. The number of benzene rings is 1. The fourth-order valence-corrected chi connectivity index (χ4v) is 2.22. The number of nitriles is 1. The van der Waals surface area contributed by atoms with E-state index in [2.05, 4.69) is 41.7 Å². The molecule has 1 aromatic carbocycles. The van der Waals surface area contributed by atoms with E-state index in [9.17, 15) is 0 Å². The van der Waals surface area contributed by atoms with Gasteiger partial charge in [0.1, 0.15) is 0 Å². The second kappa shape index (κ2) is 4.89. The zero-order chi connectivity index (χ0) is 12.3. The summed E-state index contributed by atoms with van der Waals surface area (Å²) in [5, 5.41) is 12.4. The van der Waals surface area contributed by atoms with Crippen LogP contribution in [0.15, 0.2) is 30.3 Å². The quantitative estimate of drug-likeness (QED) is 0.859. The normalized spacial score (nSPS) is 23.8. The third-order valence-electron chi connectivity index (χ3n) is 3.54. The van der Waals surface area contributed by atoms with Crippen LogP contribution in [0.2, 0.25) is 0 Å². The van der Waals surface area contributed by atoms with Gasteiger partial charge in [0.15, 0.2) is 0 Å². The van der Waals surface area contributed by atoms with Gasteiger partial charge in [-0.1, -0.05) is 30.3 Å². The van der Waals surface area contributed by atoms with Gasteiger partial charge >= 0.3 is 0 Å². The zero-order valence-electron chi connectivity index (χ0n) is 10.6. The van der Waals surface area contributed by atoms with Gasteiger partial charge in [0.05, 0.1) is 11.5 Å². The van der Waals surface area contributed by atoms with Gasteiger partial charge in [-0.3, -0.25) is 0 Å². The van der Waals surface area contributed by atoms with E-state index in [1.54, 1.807) is 0 Å². The van der Waals surface area contributed by atoms with E-state index in [1.807, 2.05) is 13.8 Å². The lowest BCUT2D eigenvalue weighted by molar-refractivity contribution is 0.268. The molecule has 0 saturated heterocycles. The summed E-state index contributed by atoms with van der Waals surface area (Å²) in [5.74, 6) is 0.707. The molecular formula is C15H20N2. The first kappa shape index (κ1) is 12.1. The minimum Gasteiger partial charge on any atom is -0.312 e. The molecule has 17 heavy (non-hydrogen) atoms. The highest BCUT2D eigenvalue weighted by Crippen LogP contribution is 2.36. The Kier molecular flexibility index (Phi) is 3.49. The van der Waals surface area contributed by atoms with Crippen molar-refractivity contribution in [3.05, 3.63) is 35.9 Å². The largest absolute Gasteiger partial charge is 0.312 e. The van der Waals surface area contributed by atoms with Gasteiger partial charge < -0.3 is 5.32 Å². The molecule has 2 heteroatoms. The average Bonchev–Trinajstić information content (AvgIpc) is 2.28. The Balaban J connectivity index is 1.75. The van der Waals surface area contributed by atoms with E-state index in [4.69, 9.17) is 5.26 Å². The van der Waals surface area contributed by atoms with Crippen molar-refractivity contribution in [3.63, 3.8) is 0 Å². The fourth-order valence-electron chi connectivity index (χ4n) is 2.22. The van der Waals surface area contributed by atoms with Crippen LogP contribution in [0.1, 0.15) is 38.2 Å². The van der Waals surface area contributed by atoms with Crippen molar-refractivity contribution < 1.29 is 0 Å². The van der Waals surface area contributed by atoms with E-state index in [-0.39, 0.29) is 5.41 Å². The first-order chi connectivity index (χ1) is 8.11. The lowest BCUT2D eigenvalue weighted by Gasteiger charge is -2.37. The van der Waals surface area contributed by atoms with Crippen LogP contribution in [-0.4, -0.2) is 12.6 Å². The number of nitrogens with one attached hydrogen (secondary N) is 1. The molecular weight excluding hydrogens is 208 g/mol. The molecule has 1 aliphatic carbocycles. The van der Waals surface area contributed by atoms with Crippen molar-refractivity contribution >= 4 is 0 Å². The van der Waals surface area contributed by atoms with Crippen molar-refractivity contribution in [1.29, 1.82) is 5.26 Å². The molecule has 0 unspecified atom stereocenters. The first-order valence-corrected chi connectivity index (χ1v) is 6.30. The predicted octanol–water partition coefficient (Wildman–Crippen LogP) is 3.07. The first-order valence-electron chi connectivity index (χ1n) is 6.30. The molecule has 0 atom stereocenters. The minimum atomic E-state index is -0.252. The molecule has 0 spiro atoms. The highest BCUT2D eigenvalue weighted by Gasteiger charge is 2.31. The van der Waals surface area contributed by atoms with E-state index in [0.717, 1.165) is 6.54 Å². The maximum Gasteiger partial charge on any atom is 0.0697 e. The zero-order valence-corrected chi connectivity index (χ0v) is 10.6. The maximum atomic E-state index is 8.94. The van der Waals surface area contributed by atoms with Gasteiger partial charge in [0.2, 0.25) is 0 Å². The van der Waals surface area contributed by atoms with E-state index >= 15 is 0 Å². The Hall–Kier alpha value is -1.33. The summed E-state index contributed by atoms with van der Waals surface area (Å²) in [6.45, 7) is 4.75. The van der Waals surface area contributed by atoms with Crippen LogP contribution in [-0.2, 0) is 0 Å². The van der Waals surface area contributed by atoms with Crippen LogP contribution in [0.3, 0.4) is 0 Å². The van der Waals surface area contributed by atoms with Crippen LogP contribution < -0.4 is 5.32 Å². The summed E-state index contributed by atoms with van der Waals surface area (Å²) in [6.07, 6.45) is 2.40. The monoisotopic (exact) mass is 228 g/mol. The lowest BCUT2D eigenvalue weighted by atomic mass is 9.75. The molecule has 0 bridgehead atoms. The molecule has 0 amide bonds. The Labute approximate surface area is 104 Å². The van der Waals surface area contributed by atoms with Gasteiger partial charge in [0.25, 0.3) is 0 Å². The van der Waals surface area contributed by atoms with E-state index in [0.29, 0.717) is 12.0 Å². The molecule has 2 rings (SSSR count). The number of nitrogens with zero attached hydrogens (tertiary/aromatic N) is 1. The van der Waals surface area contributed by atoms with E-state index < -0.39 is 0 Å². The number of hydrogen-bond donors (Lipinski definition) is 1. The Morgan fingerprint density at radius 1 is 1.29 bits per heavy atom. The highest BCUT2D eigenvalue weighted by molar-refractivity contribution is 5.22. The van der Waals surface area contributed by atoms with Crippen LogP contribution in [0.25, 0.3) is 0 Å². The SMILES string of the molecule is CC(C)(C#N)CNC1CC(c2ccccc2)C1. The summed E-state index contributed by atoms with van der Waals surface area (Å²) in [5.41, 5.74) is 1.20. The van der Waals surface area contributed by atoms with Crippen molar-refractivity contribution in [2.24, 2.45) is 5.41 Å². The third kappa shape index (κ3) is 3.08. The summed E-state index contributed by atoms with van der Waals surface area (Å²) in [6, 6.07) is 13.6. The van der Waals surface area contributed by atoms with Crippen molar-refractivity contribution in [1.82, 2.24) is 5.32 Å². The second-order valence-electron chi connectivity index (χ2n) is 5.65. The Bertz CT molecular complexity index is 397. The second-order valence-corrected chi connectivity index (χ2v) is 5.65. The molecule has 90 valence electrons. The maximum absolute atomic E-state index is 8.94. The molecule has 0 aromatic heterocycles. The third-order valence-corrected chi connectivity index (χ3v) is 3.54. The van der Waals surface area contributed by atoms with Crippen molar-refractivity contribution in [2.75, 3.05) is 6.54 Å². The molecule has 1 N–H and O–H groups in total. The number of hydrogen-bond acceptors (Lipinski definition) is 2. The summed E-state index contributed by atoms with van der Waals surface area (Å²) in [4.78, 5) is 0. The molecule has 0 radical (unpaired) electrons. The van der Waals surface area contributed by atoms with Gasteiger partial charge in [-0.15, -0.1) is 0 Å². The molecule has 1 fully saturated rings. The number of rotatable bonds is 4. The van der Waals surface area contributed by atoms with Gasteiger partial charge in [0, 0.05) is 12.6 Å². The molecule has 1 aliphatic rings.